The van der Waals surface area contributed by atoms with Crippen molar-refractivity contribution in [1.82, 2.24) is 0 Å². The van der Waals surface area contributed by atoms with Crippen LogP contribution in [-0.4, -0.2) is 30.3 Å². The first-order valence-electron chi connectivity index (χ1n) is 20.3. The molecule has 0 amide bonds. The summed E-state index contributed by atoms with van der Waals surface area (Å²) in [6, 6.07) is 4.68. The Morgan fingerprint density at radius 3 is 1.18 bits per heavy atom. The predicted molar refractivity (Wildman–Crippen MR) is 212 cm³/mol. The molecule has 0 saturated carbocycles. The van der Waals surface area contributed by atoms with Gasteiger partial charge in [0.15, 0.2) is 0 Å². The van der Waals surface area contributed by atoms with E-state index in [0.29, 0.717) is 18.8 Å². The number of aliphatic hydroxyl groups excluding tert-OH is 1. The van der Waals surface area contributed by atoms with Crippen LogP contribution in [0.25, 0.3) is 0 Å². The van der Waals surface area contributed by atoms with Gasteiger partial charge in [-0.1, -0.05) is 140 Å². The summed E-state index contributed by atoms with van der Waals surface area (Å²) >= 11 is 0. The summed E-state index contributed by atoms with van der Waals surface area (Å²) in [4.78, 5) is 25.4. The summed E-state index contributed by atoms with van der Waals surface area (Å²) < 4.78 is 11.0. The van der Waals surface area contributed by atoms with Crippen LogP contribution in [0.2, 0.25) is 0 Å². The molecule has 0 fully saturated rings. The minimum atomic E-state index is -0.470. The number of hydrogen-bond donors (Lipinski definition) is 1. The van der Waals surface area contributed by atoms with Crippen molar-refractivity contribution in [2.45, 2.75) is 175 Å². The van der Waals surface area contributed by atoms with Crippen LogP contribution >= 0.6 is 0 Å². The Labute approximate surface area is 306 Å². The van der Waals surface area contributed by atoms with Gasteiger partial charge < -0.3 is 14.6 Å². The second-order valence-corrected chi connectivity index (χ2v) is 13.5. The van der Waals surface area contributed by atoms with E-state index in [4.69, 9.17) is 9.47 Å². The number of carbonyl (C=O) groups is 2. The van der Waals surface area contributed by atoms with Crippen LogP contribution in [0.1, 0.15) is 194 Å². The molecule has 0 aliphatic heterocycles. The van der Waals surface area contributed by atoms with Gasteiger partial charge in [0.1, 0.15) is 0 Å². The molecule has 1 aromatic carbocycles. The summed E-state index contributed by atoms with van der Waals surface area (Å²) in [7, 11) is 0. The van der Waals surface area contributed by atoms with Gasteiger partial charge in [0.2, 0.25) is 0 Å². The molecular formula is C45H72O5. The van der Waals surface area contributed by atoms with Gasteiger partial charge in [0.05, 0.1) is 30.9 Å². The molecule has 5 heteroatoms. The van der Waals surface area contributed by atoms with E-state index in [2.05, 4.69) is 62.5 Å². The number of ether oxygens (including phenoxy) is 2. The molecule has 0 aromatic heterocycles. The molecule has 0 radical (unpaired) electrons. The highest BCUT2D eigenvalue weighted by atomic mass is 16.5. The normalized spacial score (nSPS) is 11.9. The maximum absolute atomic E-state index is 12.7. The van der Waals surface area contributed by atoms with Gasteiger partial charge in [0, 0.05) is 0 Å². The Balaban J connectivity index is 2.14. The van der Waals surface area contributed by atoms with Crippen molar-refractivity contribution in [1.29, 1.82) is 0 Å². The van der Waals surface area contributed by atoms with E-state index < -0.39 is 11.9 Å². The third kappa shape index (κ3) is 26.9. The monoisotopic (exact) mass is 693 g/mol. The van der Waals surface area contributed by atoms with Gasteiger partial charge in [-0.25, -0.2) is 9.59 Å². The second-order valence-electron chi connectivity index (χ2n) is 13.5. The highest BCUT2D eigenvalue weighted by molar-refractivity contribution is 5.95. The number of allylic oxidation sites excluding steroid dienone is 8. The zero-order chi connectivity index (χ0) is 36.2. The Morgan fingerprint density at radius 2 is 0.820 bits per heavy atom. The Kier molecular flexibility index (Phi) is 31.1. The average molecular weight is 693 g/mol. The first-order valence-corrected chi connectivity index (χ1v) is 20.3. The van der Waals surface area contributed by atoms with Crippen LogP contribution in [0.4, 0.5) is 0 Å². The van der Waals surface area contributed by atoms with Crippen molar-refractivity contribution in [3.63, 3.8) is 0 Å². The van der Waals surface area contributed by atoms with Crippen LogP contribution in [0.15, 0.2) is 66.8 Å². The predicted octanol–water partition coefficient (Wildman–Crippen LogP) is 13.1. The molecule has 0 aliphatic rings. The fourth-order valence-electron chi connectivity index (χ4n) is 5.70. The Bertz CT molecular complexity index is 1000. The van der Waals surface area contributed by atoms with E-state index in [1.54, 1.807) is 12.1 Å². The van der Waals surface area contributed by atoms with E-state index in [9.17, 15) is 14.7 Å². The lowest BCUT2D eigenvalue weighted by Crippen LogP contribution is -2.11. The Morgan fingerprint density at radius 1 is 0.480 bits per heavy atom. The minimum absolute atomic E-state index is 0.265. The quantitative estimate of drug-likeness (QED) is 0.0451. The van der Waals surface area contributed by atoms with Crippen molar-refractivity contribution < 1.29 is 24.2 Å². The topological polar surface area (TPSA) is 72.8 Å². The molecule has 1 N–H and O–H groups in total. The lowest BCUT2D eigenvalue weighted by Gasteiger charge is -2.10. The summed E-state index contributed by atoms with van der Waals surface area (Å²) in [6.45, 7) is 4.92. The fraction of sp³-hybridized carbons (Fsp3) is 0.644. The Hall–Kier alpha value is -2.92. The van der Waals surface area contributed by atoms with Crippen LogP contribution in [0.3, 0.4) is 0 Å². The smallest absolute Gasteiger partial charge is 0.338 e. The third-order valence-electron chi connectivity index (χ3n) is 8.80. The summed E-state index contributed by atoms with van der Waals surface area (Å²) in [5.74, 6) is -0.941. The first-order chi connectivity index (χ1) is 24.6. The maximum atomic E-state index is 12.7. The van der Waals surface area contributed by atoms with Crippen molar-refractivity contribution in [2.24, 2.45) is 0 Å². The largest absolute Gasteiger partial charge is 0.462 e. The minimum Gasteiger partial charge on any atom is -0.462 e. The molecule has 1 rings (SSSR count). The SMILES string of the molecule is CCCCCC=CCC=CCCCCCCCCOC(=O)c1cc(CO)cc(C(=O)OCCCCCCCCC=CCC=CCCCCC)c1. The van der Waals surface area contributed by atoms with Gasteiger partial charge in [-0.05, 0) is 101 Å². The number of benzene rings is 1. The van der Waals surface area contributed by atoms with Gasteiger partial charge >= 0.3 is 11.9 Å². The van der Waals surface area contributed by atoms with Crippen molar-refractivity contribution in [2.75, 3.05) is 13.2 Å². The molecule has 50 heavy (non-hydrogen) atoms. The number of aliphatic hydroxyl groups is 1. The van der Waals surface area contributed by atoms with E-state index in [1.807, 2.05) is 0 Å². The highest BCUT2D eigenvalue weighted by Crippen LogP contribution is 2.15. The lowest BCUT2D eigenvalue weighted by atomic mass is 10.1. The van der Waals surface area contributed by atoms with E-state index in [0.717, 1.165) is 64.2 Å². The standard InChI is InChI=1S/C45H72O5/c1-3-5-7-9-11-13-15-17-19-21-23-25-27-29-31-33-35-49-44(47)42-37-41(40-46)38-43(39-42)45(48)50-36-34-32-30-28-26-24-22-20-18-16-14-12-10-8-6-4-2/h11-14,17-20,37-39,46H,3-10,15-16,21-36,40H2,1-2H3. The van der Waals surface area contributed by atoms with E-state index in [1.165, 1.54) is 96.0 Å². The van der Waals surface area contributed by atoms with Crippen LogP contribution in [0.5, 0.6) is 0 Å². The number of hydrogen-bond acceptors (Lipinski definition) is 5. The molecule has 0 bridgehead atoms. The molecule has 0 heterocycles. The lowest BCUT2D eigenvalue weighted by molar-refractivity contribution is 0.0495. The van der Waals surface area contributed by atoms with Crippen LogP contribution < -0.4 is 0 Å². The van der Waals surface area contributed by atoms with Gasteiger partial charge in [-0.3, -0.25) is 0 Å². The third-order valence-corrected chi connectivity index (χ3v) is 8.80. The molecule has 0 saturated heterocycles. The molecular weight excluding hydrogens is 620 g/mol. The average Bonchev–Trinajstić information content (AvgIpc) is 3.13. The molecule has 0 atom stereocenters. The van der Waals surface area contributed by atoms with E-state index >= 15 is 0 Å². The van der Waals surface area contributed by atoms with Gasteiger partial charge in [0.25, 0.3) is 0 Å². The molecule has 282 valence electrons. The van der Waals surface area contributed by atoms with Crippen molar-refractivity contribution in [3.05, 3.63) is 83.5 Å². The summed E-state index contributed by atoms with van der Waals surface area (Å²) in [6.07, 6.45) is 46.1. The second kappa shape index (κ2) is 34.5. The number of esters is 2. The molecule has 0 unspecified atom stereocenters. The maximum Gasteiger partial charge on any atom is 0.338 e. The number of carbonyl (C=O) groups excluding carboxylic acids is 2. The zero-order valence-electron chi connectivity index (χ0n) is 32.0. The summed E-state index contributed by atoms with van der Waals surface area (Å²) in [5.41, 5.74) is 1.04. The van der Waals surface area contributed by atoms with Crippen LogP contribution in [-0.2, 0) is 16.1 Å². The molecule has 0 spiro atoms. The van der Waals surface area contributed by atoms with E-state index in [-0.39, 0.29) is 17.7 Å². The molecule has 1 aromatic rings. The summed E-state index contributed by atoms with van der Waals surface area (Å²) in [5, 5.41) is 9.70. The van der Waals surface area contributed by atoms with Crippen molar-refractivity contribution >= 4 is 11.9 Å². The number of rotatable bonds is 33. The highest BCUT2D eigenvalue weighted by Gasteiger charge is 2.15. The van der Waals surface area contributed by atoms with Gasteiger partial charge in [-0.15, -0.1) is 0 Å². The zero-order valence-corrected chi connectivity index (χ0v) is 32.0. The number of unbranched alkanes of at least 4 members (excludes halogenated alkanes) is 18. The van der Waals surface area contributed by atoms with Crippen molar-refractivity contribution in [3.8, 4) is 0 Å². The fourth-order valence-corrected chi connectivity index (χ4v) is 5.70. The van der Waals surface area contributed by atoms with Gasteiger partial charge in [-0.2, -0.15) is 0 Å². The first kappa shape index (κ1) is 45.1. The molecule has 0 aliphatic carbocycles. The van der Waals surface area contributed by atoms with Crippen LogP contribution in [0, 0.1) is 0 Å². The molecule has 5 nitrogen and oxygen atoms in total.